The van der Waals surface area contributed by atoms with E-state index in [4.69, 9.17) is 4.74 Å². The molecule has 2 heterocycles. The van der Waals surface area contributed by atoms with Crippen LogP contribution in [-0.4, -0.2) is 59.9 Å². The lowest BCUT2D eigenvalue weighted by atomic mass is 10.2. The predicted molar refractivity (Wildman–Crippen MR) is 98.7 cm³/mol. The Morgan fingerprint density at radius 2 is 1.88 bits per heavy atom. The molecule has 0 atom stereocenters. The molecule has 1 N–H and O–H groups in total. The maximum Gasteiger partial charge on any atom is 0.255 e. The summed E-state index contributed by atoms with van der Waals surface area (Å²) >= 11 is 0. The third kappa shape index (κ3) is 4.30. The fourth-order valence-electron chi connectivity index (χ4n) is 2.81. The second-order valence-electron chi connectivity index (χ2n) is 5.98. The van der Waals surface area contributed by atoms with Crippen LogP contribution >= 0.6 is 0 Å². The Labute approximate surface area is 152 Å². The molecule has 0 aliphatic carbocycles. The maximum atomic E-state index is 12.7. The van der Waals surface area contributed by atoms with Gasteiger partial charge < -0.3 is 19.9 Å². The third-order valence-electron chi connectivity index (χ3n) is 4.19. The van der Waals surface area contributed by atoms with Gasteiger partial charge in [-0.05, 0) is 37.3 Å². The Balaban J connectivity index is 1.66. The van der Waals surface area contributed by atoms with Gasteiger partial charge in [0.05, 0.1) is 24.1 Å². The molecule has 1 aliphatic rings. The number of carbonyl (C=O) groups is 2. The van der Waals surface area contributed by atoms with E-state index in [1.807, 2.05) is 31.2 Å². The fraction of sp³-hybridized carbons (Fsp3) is 0.316. The van der Waals surface area contributed by atoms with Gasteiger partial charge in [-0.2, -0.15) is 0 Å². The van der Waals surface area contributed by atoms with Crippen molar-refractivity contribution in [3.8, 4) is 5.75 Å². The summed E-state index contributed by atoms with van der Waals surface area (Å²) in [6.45, 7) is 4.77. The highest BCUT2D eigenvalue weighted by Crippen LogP contribution is 2.21. The predicted octanol–water partition coefficient (Wildman–Crippen LogP) is 2.14. The Kier molecular flexibility index (Phi) is 5.68. The number of aromatic nitrogens is 1. The molecule has 2 aromatic rings. The molecule has 1 aromatic carbocycles. The van der Waals surface area contributed by atoms with E-state index in [1.54, 1.807) is 28.3 Å². The molecule has 1 fully saturated rings. The lowest BCUT2D eigenvalue weighted by Crippen LogP contribution is -2.48. The topological polar surface area (TPSA) is 74.8 Å². The maximum absolute atomic E-state index is 12.7. The molecule has 1 aromatic heterocycles. The Morgan fingerprint density at radius 1 is 1.15 bits per heavy atom. The number of amides is 2. The lowest BCUT2D eigenvalue weighted by Gasteiger charge is -2.32. The standard InChI is InChI=1S/C19H22N4O3/c1-2-26-18-5-3-16(4-6-18)21-17-11-15(12-20-13-17)19(25)23-9-7-22(14-24)8-10-23/h3-6,11-14,21H,2,7-10H2,1H3. The van der Waals surface area contributed by atoms with E-state index >= 15 is 0 Å². The minimum atomic E-state index is -0.0709. The van der Waals surface area contributed by atoms with Crippen molar-refractivity contribution >= 4 is 23.7 Å². The SMILES string of the molecule is CCOc1ccc(Nc2cncc(C(=O)N3CCN(C=O)CC3)c2)cc1. The zero-order valence-corrected chi connectivity index (χ0v) is 14.7. The highest BCUT2D eigenvalue weighted by molar-refractivity contribution is 5.95. The molecular weight excluding hydrogens is 332 g/mol. The molecule has 26 heavy (non-hydrogen) atoms. The number of hydrogen-bond acceptors (Lipinski definition) is 5. The first-order valence-corrected chi connectivity index (χ1v) is 8.63. The first-order chi connectivity index (χ1) is 12.7. The molecule has 0 bridgehead atoms. The van der Waals surface area contributed by atoms with Crippen molar-refractivity contribution in [3.63, 3.8) is 0 Å². The monoisotopic (exact) mass is 354 g/mol. The Bertz CT molecular complexity index is 756. The van der Waals surface area contributed by atoms with Crippen molar-refractivity contribution in [1.29, 1.82) is 0 Å². The fourth-order valence-corrected chi connectivity index (χ4v) is 2.81. The summed E-state index contributed by atoms with van der Waals surface area (Å²) in [7, 11) is 0. The number of nitrogens with one attached hydrogen (secondary N) is 1. The summed E-state index contributed by atoms with van der Waals surface area (Å²) in [5.41, 5.74) is 2.16. The number of anilines is 2. The van der Waals surface area contributed by atoms with Crippen LogP contribution in [0.3, 0.4) is 0 Å². The molecule has 3 rings (SSSR count). The number of carbonyl (C=O) groups excluding carboxylic acids is 2. The first kappa shape index (κ1) is 17.7. The van der Waals surface area contributed by atoms with Gasteiger partial charge in [0.25, 0.3) is 5.91 Å². The molecule has 2 amide bonds. The summed E-state index contributed by atoms with van der Waals surface area (Å²) in [5.74, 6) is 0.743. The number of rotatable bonds is 6. The average Bonchev–Trinajstić information content (AvgIpc) is 2.69. The van der Waals surface area contributed by atoms with E-state index in [1.165, 1.54) is 0 Å². The van der Waals surface area contributed by atoms with Crippen LogP contribution in [0.4, 0.5) is 11.4 Å². The van der Waals surface area contributed by atoms with Crippen LogP contribution in [0.1, 0.15) is 17.3 Å². The van der Waals surface area contributed by atoms with Gasteiger partial charge in [-0.1, -0.05) is 0 Å². The molecule has 1 saturated heterocycles. The summed E-state index contributed by atoms with van der Waals surface area (Å²) in [5, 5.41) is 3.24. The van der Waals surface area contributed by atoms with Crippen LogP contribution in [0.5, 0.6) is 5.75 Å². The lowest BCUT2D eigenvalue weighted by molar-refractivity contribution is -0.119. The zero-order chi connectivity index (χ0) is 18.4. The minimum Gasteiger partial charge on any atom is -0.494 e. The van der Waals surface area contributed by atoms with Crippen LogP contribution < -0.4 is 10.1 Å². The number of pyridine rings is 1. The number of piperazine rings is 1. The number of hydrogen-bond donors (Lipinski definition) is 1. The van der Waals surface area contributed by atoms with Crippen molar-refractivity contribution in [2.75, 3.05) is 38.1 Å². The van der Waals surface area contributed by atoms with Crippen molar-refractivity contribution in [1.82, 2.24) is 14.8 Å². The summed E-state index contributed by atoms with van der Waals surface area (Å²) in [4.78, 5) is 31.0. The molecule has 1 aliphatic heterocycles. The van der Waals surface area contributed by atoms with E-state index in [0.717, 1.165) is 23.5 Å². The molecule has 7 nitrogen and oxygen atoms in total. The Hall–Kier alpha value is -3.09. The van der Waals surface area contributed by atoms with E-state index < -0.39 is 0 Å². The Morgan fingerprint density at radius 3 is 2.54 bits per heavy atom. The van der Waals surface area contributed by atoms with Crippen molar-refractivity contribution in [2.45, 2.75) is 6.92 Å². The summed E-state index contributed by atoms with van der Waals surface area (Å²) in [6.07, 6.45) is 4.07. The normalized spacial score (nSPS) is 14.0. The second-order valence-corrected chi connectivity index (χ2v) is 5.98. The largest absolute Gasteiger partial charge is 0.494 e. The van der Waals surface area contributed by atoms with Gasteiger partial charge in [-0.15, -0.1) is 0 Å². The quantitative estimate of drug-likeness (QED) is 0.805. The van der Waals surface area contributed by atoms with E-state index in [0.29, 0.717) is 38.3 Å². The van der Waals surface area contributed by atoms with Crippen LogP contribution in [0, 0.1) is 0 Å². The van der Waals surface area contributed by atoms with E-state index in [9.17, 15) is 9.59 Å². The van der Waals surface area contributed by atoms with Crippen molar-refractivity contribution in [2.24, 2.45) is 0 Å². The van der Waals surface area contributed by atoms with Gasteiger partial charge in [0.15, 0.2) is 0 Å². The van der Waals surface area contributed by atoms with E-state index in [2.05, 4.69) is 10.3 Å². The van der Waals surface area contributed by atoms with Crippen LogP contribution in [0.15, 0.2) is 42.7 Å². The average molecular weight is 354 g/mol. The molecule has 136 valence electrons. The number of nitrogens with zero attached hydrogens (tertiary/aromatic N) is 3. The van der Waals surface area contributed by atoms with Gasteiger partial charge in [0.2, 0.25) is 6.41 Å². The van der Waals surface area contributed by atoms with Crippen LogP contribution in [0.2, 0.25) is 0 Å². The van der Waals surface area contributed by atoms with Gasteiger partial charge in [0, 0.05) is 38.1 Å². The molecule has 0 radical (unpaired) electrons. The summed E-state index contributed by atoms with van der Waals surface area (Å²) < 4.78 is 5.43. The molecule has 7 heteroatoms. The number of benzene rings is 1. The van der Waals surface area contributed by atoms with Gasteiger partial charge in [-0.3, -0.25) is 14.6 Å². The molecule has 0 unspecified atom stereocenters. The summed E-state index contributed by atoms with van der Waals surface area (Å²) in [6, 6.07) is 9.40. The smallest absolute Gasteiger partial charge is 0.255 e. The first-order valence-electron chi connectivity index (χ1n) is 8.63. The van der Waals surface area contributed by atoms with Gasteiger partial charge in [0.1, 0.15) is 5.75 Å². The highest BCUT2D eigenvalue weighted by atomic mass is 16.5. The van der Waals surface area contributed by atoms with Crippen molar-refractivity contribution < 1.29 is 14.3 Å². The van der Waals surface area contributed by atoms with Crippen LogP contribution in [0.25, 0.3) is 0 Å². The molecule has 0 saturated carbocycles. The molecule has 0 spiro atoms. The minimum absolute atomic E-state index is 0.0709. The molecular formula is C19H22N4O3. The van der Waals surface area contributed by atoms with Gasteiger partial charge >= 0.3 is 0 Å². The zero-order valence-electron chi connectivity index (χ0n) is 14.7. The highest BCUT2D eigenvalue weighted by Gasteiger charge is 2.21. The van der Waals surface area contributed by atoms with E-state index in [-0.39, 0.29) is 5.91 Å². The second kappa shape index (κ2) is 8.33. The van der Waals surface area contributed by atoms with Gasteiger partial charge in [-0.25, -0.2) is 0 Å². The number of ether oxygens (including phenoxy) is 1. The third-order valence-corrected chi connectivity index (χ3v) is 4.19. The van der Waals surface area contributed by atoms with Crippen molar-refractivity contribution in [3.05, 3.63) is 48.3 Å². The van der Waals surface area contributed by atoms with Crippen LogP contribution in [-0.2, 0) is 4.79 Å².